The van der Waals surface area contributed by atoms with Crippen LogP contribution >= 0.6 is 11.8 Å². The highest BCUT2D eigenvalue weighted by atomic mass is 32.2. The fourth-order valence-electron chi connectivity index (χ4n) is 1.70. The first-order chi connectivity index (χ1) is 10.2. The van der Waals surface area contributed by atoms with Crippen LogP contribution in [0.25, 0.3) is 0 Å². The Kier molecular flexibility index (Phi) is 3.96. The van der Waals surface area contributed by atoms with Crippen LogP contribution in [-0.2, 0) is 0 Å². The van der Waals surface area contributed by atoms with E-state index in [1.165, 1.54) is 23.9 Å². The first-order valence-corrected chi connectivity index (χ1v) is 7.22. The highest BCUT2D eigenvalue weighted by Gasteiger charge is 2.17. The molecule has 0 amide bonds. The molecule has 2 aromatic rings. The third-order valence-electron chi connectivity index (χ3n) is 2.71. The van der Waals surface area contributed by atoms with E-state index in [0.717, 1.165) is 0 Å². The SMILES string of the molecule is Fc1ccc(Oc2ccc(OC3=CSCN3F)cc2)cc1. The summed E-state index contributed by atoms with van der Waals surface area (Å²) in [6, 6.07) is 12.5. The van der Waals surface area contributed by atoms with Gasteiger partial charge in [0.25, 0.3) is 0 Å². The number of thioether (sulfide) groups is 1. The second kappa shape index (κ2) is 6.05. The molecule has 0 atom stereocenters. The van der Waals surface area contributed by atoms with E-state index in [2.05, 4.69) is 0 Å². The molecule has 0 saturated carbocycles. The van der Waals surface area contributed by atoms with Crippen molar-refractivity contribution in [2.75, 3.05) is 5.88 Å². The predicted molar refractivity (Wildman–Crippen MR) is 77.0 cm³/mol. The molecule has 0 saturated heterocycles. The van der Waals surface area contributed by atoms with Crippen LogP contribution in [0.2, 0.25) is 0 Å². The first kappa shape index (κ1) is 13.8. The maximum atomic E-state index is 13.2. The van der Waals surface area contributed by atoms with Crippen LogP contribution in [0.3, 0.4) is 0 Å². The number of hydrogen-bond donors (Lipinski definition) is 0. The second-order valence-electron chi connectivity index (χ2n) is 4.24. The van der Waals surface area contributed by atoms with Crippen LogP contribution in [0, 0.1) is 5.82 Å². The lowest BCUT2D eigenvalue weighted by Crippen LogP contribution is -2.11. The zero-order valence-electron chi connectivity index (χ0n) is 10.8. The molecule has 0 N–H and O–H groups in total. The molecule has 0 radical (unpaired) electrons. The van der Waals surface area contributed by atoms with Crippen molar-refractivity contribution in [3.63, 3.8) is 0 Å². The van der Waals surface area contributed by atoms with Crippen molar-refractivity contribution in [3.8, 4) is 17.2 Å². The fraction of sp³-hybridized carbons (Fsp3) is 0.0667. The summed E-state index contributed by atoms with van der Waals surface area (Å²) < 4.78 is 37.0. The Morgan fingerprint density at radius 2 is 1.38 bits per heavy atom. The van der Waals surface area contributed by atoms with Gasteiger partial charge in [-0.05, 0) is 48.5 Å². The van der Waals surface area contributed by atoms with Gasteiger partial charge >= 0.3 is 0 Å². The quantitative estimate of drug-likeness (QED) is 0.764. The summed E-state index contributed by atoms with van der Waals surface area (Å²) in [7, 11) is 0. The van der Waals surface area contributed by atoms with Crippen molar-refractivity contribution in [1.82, 2.24) is 5.12 Å². The van der Waals surface area contributed by atoms with Gasteiger partial charge in [-0.1, -0.05) is 4.48 Å². The number of hydrogen-bond acceptors (Lipinski definition) is 4. The minimum Gasteiger partial charge on any atom is -0.457 e. The molecule has 0 aromatic heterocycles. The van der Waals surface area contributed by atoms with E-state index in [9.17, 15) is 8.87 Å². The van der Waals surface area contributed by atoms with E-state index in [0.29, 0.717) is 22.4 Å². The number of benzene rings is 2. The van der Waals surface area contributed by atoms with Gasteiger partial charge < -0.3 is 9.47 Å². The van der Waals surface area contributed by atoms with E-state index in [1.807, 2.05) is 0 Å². The topological polar surface area (TPSA) is 21.7 Å². The van der Waals surface area contributed by atoms with Crippen molar-refractivity contribution in [1.29, 1.82) is 0 Å². The summed E-state index contributed by atoms with van der Waals surface area (Å²) in [6.45, 7) is 0. The van der Waals surface area contributed by atoms with Crippen molar-refractivity contribution < 1.29 is 18.3 Å². The lowest BCUT2D eigenvalue weighted by molar-refractivity contribution is 0.0475. The Bertz CT molecular complexity index is 644. The van der Waals surface area contributed by atoms with Gasteiger partial charge in [-0.25, -0.2) is 4.39 Å². The average Bonchev–Trinajstić information content (AvgIpc) is 2.89. The molecular formula is C15H11F2NO2S. The van der Waals surface area contributed by atoms with Crippen molar-refractivity contribution in [3.05, 3.63) is 65.6 Å². The van der Waals surface area contributed by atoms with Gasteiger partial charge in [0, 0.05) is 5.41 Å². The summed E-state index contributed by atoms with van der Waals surface area (Å²) in [4.78, 5) is 0. The van der Waals surface area contributed by atoms with Gasteiger partial charge in [0.1, 0.15) is 28.9 Å². The Hall–Kier alpha value is -2.21. The zero-order valence-corrected chi connectivity index (χ0v) is 11.6. The smallest absolute Gasteiger partial charge is 0.230 e. The molecule has 1 aliphatic heterocycles. The molecule has 3 rings (SSSR count). The Morgan fingerprint density at radius 3 is 1.90 bits per heavy atom. The molecule has 0 spiro atoms. The first-order valence-electron chi connectivity index (χ1n) is 6.17. The average molecular weight is 307 g/mol. The monoisotopic (exact) mass is 307 g/mol. The van der Waals surface area contributed by atoms with Crippen LogP contribution in [0.5, 0.6) is 17.2 Å². The van der Waals surface area contributed by atoms with Crippen LogP contribution in [-0.4, -0.2) is 11.0 Å². The summed E-state index contributed by atoms with van der Waals surface area (Å²) in [6.07, 6.45) is 0. The molecule has 108 valence electrons. The largest absolute Gasteiger partial charge is 0.457 e. The van der Waals surface area contributed by atoms with Crippen LogP contribution < -0.4 is 9.47 Å². The molecule has 1 heterocycles. The molecule has 0 bridgehead atoms. The molecule has 21 heavy (non-hydrogen) atoms. The van der Waals surface area contributed by atoms with Gasteiger partial charge in [-0.3, -0.25) is 0 Å². The molecule has 0 unspecified atom stereocenters. The summed E-state index contributed by atoms with van der Waals surface area (Å²) in [5.41, 5.74) is 0. The number of ether oxygens (including phenoxy) is 2. The third-order valence-corrected chi connectivity index (χ3v) is 3.45. The molecule has 0 aliphatic carbocycles. The molecule has 0 fully saturated rings. The standard InChI is InChI=1S/C15H11F2NO2S/c16-11-1-3-12(4-2-11)19-13-5-7-14(8-6-13)20-15-9-21-10-18(15)17/h1-9H,10H2. The van der Waals surface area contributed by atoms with Gasteiger partial charge in [0.05, 0.1) is 0 Å². The van der Waals surface area contributed by atoms with Crippen molar-refractivity contribution >= 4 is 11.8 Å². The third kappa shape index (κ3) is 3.46. The summed E-state index contributed by atoms with van der Waals surface area (Å²) in [5, 5.41) is 2.15. The lowest BCUT2D eigenvalue weighted by atomic mass is 10.3. The van der Waals surface area contributed by atoms with E-state index in [4.69, 9.17) is 9.47 Å². The minimum absolute atomic E-state index is 0.173. The van der Waals surface area contributed by atoms with Crippen LogP contribution in [0.1, 0.15) is 0 Å². The van der Waals surface area contributed by atoms with Gasteiger partial charge in [-0.2, -0.15) is 5.12 Å². The van der Waals surface area contributed by atoms with Gasteiger partial charge in [0.2, 0.25) is 5.88 Å². The van der Waals surface area contributed by atoms with E-state index < -0.39 is 0 Å². The lowest BCUT2D eigenvalue weighted by Gasteiger charge is -2.11. The van der Waals surface area contributed by atoms with Crippen LogP contribution in [0.4, 0.5) is 8.87 Å². The number of halogens is 2. The van der Waals surface area contributed by atoms with Gasteiger partial charge in [0.15, 0.2) is 0 Å². The number of nitrogens with zero attached hydrogens (tertiary/aromatic N) is 1. The Balaban J connectivity index is 1.65. The van der Waals surface area contributed by atoms with Crippen molar-refractivity contribution in [2.45, 2.75) is 0 Å². The predicted octanol–water partition coefficient (Wildman–Crippen LogP) is 4.69. The highest BCUT2D eigenvalue weighted by Crippen LogP contribution is 2.28. The molecule has 2 aromatic carbocycles. The van der Waals surface area contributed by atoms with E-state index in [1.54, 1.807) is 41.8 Å². The maximum Gasteiger partial charge on any atom is 0.230 e. The Labute approximate surface area is 124 Å². The second-order valence-corrected chi connectivity index (χ2v) is 5.07. The highest BCUT2D eigenvalue weighted by molar-refractivity contribution is 8.02. The molecule has 1 aliphatic rings. The molecule has 3 nitrogen and oxygen atoms in total. The number of rotatable bonds is 4. The molecular weight excluding hydrogens is 296 g/mol. The zero-order chi connectivity index (χ0) is 14.7. The molecule has 6 heteroatoms. The fourth-order valence-corrected chi connectivity index (χ4v) is 2.34. The van der Waals surface area contributed by atoms with E-state index in [-0.39, 0.29) is 17.6 Å². The minimum atomic E-state index is -0.315. The van der Waals surface area contributed by atoms with Crippen LogP contribution in [0.15, 0.2) is 59.8 Å². The van der Waals surface area contributed by atoms with Gasteiger partial charge in [-0.15, -0.1) is 11.8 Å². The summed E-state index contributed by atoms with van der Waals surface area (Å²) >= 11 is 1.32. The van der Waals surface area contributed by atoms with Crippen molar-refractivity contribution in [2.24, 2.45) is 0 Å². The Morgan fingerprint density at radius 1 is 0.857 bits per heavy atom. The summed E-state index contributed by atoms with van der Waals surface area (Å²) in [5.74, 6) is 1.73. The normalized spacial score (nSPS) is 14.0. The van der Waals surface area contributed by atoms with E-state index >= 15 is 0 Å². The maximum absolute atomic E-state index is 13.2.